The lowest BCUT2D eigenvalue weighted by Crippen LogP contribution is -2.29. The standard InChI is InChI=1S/C17H19BrFNO/c1-20-15(9-10-21-16-5-3-2-4-6-16)12-13-11-14(19)7-8-17(13)18/h2-8,11,15,20H,9-10,12H2,1H3. The summed E-state index contributed by atoms with van der Waals surface area (Å²) in [6.45, 7) is 0.627. The summed E-state index contributed by atoms with van der Waals surface area (Å²) in [6.07, 6.45) is 1.61. The van der Waals surface area contributed by atoms with Crippen LogP contribution >= 0.6 is 15.9 Å². The summed E-state index contributed by atoms with van der Waals surface area (Å²) < 4.78 is 20.0. The quantitative estimate of drug-likeness (QED) is 0.807. The smallest absolute Gasteiger partial charge is 0.123 e. The highest BCUT2D eigenvalue weighted by Crippen LogP contribution is 2.20. The average Bonchev–Trinajstić information content (AvgIpc) is 2.51. The molecule has 1 unspecified atom stereocenters. The van der Waals surface area contributed by atoms with Crippen molar-refractivity contribution in [3.63, 3.8) is 0 Å². The van der Waals surface area contributed by atoms with E-state index in [2.05, 4.69) is 21.2 Å². The Hall–Kier alpha value is -1.39. The van der Waals surface area contributed by atoms with E-state index in [0.717, 1.165) is 28.6 Å². The van der Waals surface area contributed by atoms with Crippen LogP contribution in [0.2, 0.25) is 0 Å². The summed E-state index contributed by atoms with van der Waals surface area (Å²) in [7, 11) is 1.92. The number of benzene rings is 2. The van der Waals surface area contributed by atoms with Crippen molar-refractivity contribution in [1.82, 2.24) is 5.32 Å². The van der Waals surface area contributed by atoms with E-state index in [1.165, 1.54) is 6.07 Å². The third-order valence-corrected chi connectivity index (χ3v) is 4.13. The molecule has 2 rings (SSSR count). The summed E-state index contributed by atoms with van der Waals surface area (Å²) in [5, 5.41) is 3.26. The van der Waals surface area contributed by atoms with Crippen molar-refractivity contribution in [3.05, 3.63) is 64.4 Å². The van der Waals surface area contributed by atoms with Crippen LogP contribution in [0.15, 0.2) is 53.0 Å². The topological polar surface area (TPSA) is 21.3 Å². The maximum absolute atomic E-state index is 13.3. The fourth-order valence-corrected chi connectivity index (χ4v) is 2.56. The first-order valence-corrected chi connectivity index (χ1v) is 7.77. The van der Waals surface area contributed by atoms with Gasteiger partial charge in [-0.25, -0.2) is 4.39 Å². The largest absolute Gasteiger partial charge is 0.494 e. The van der Waals surface area contributed by atoms with Crippen molar-refractivity contribution < 1.29 is 9.13 Å². The molecule has 0 spiro atoms. The summed E-state index contributed by atoms with van der Waals surface area (Å²) in [5.74, 6) is 0.669. The van der Waals surface area contributed by atoms with Gasteiger partial charge in [0.2, 0.25) is 0 Å². The van der Waals surface area contributed by atoms with Crippen LogP contribution in [-0.4, -0.2) is 19.7 Å². The fourth-order valence-electron chi connectivity index (χ4n) is 2.15. The number of likely N-dealkylation sites (N-methyl/N-ethyl adjacent to an activating group) is 1. The Balaban J connectivity index is 1.87. The second kappa shape index (κ2) is 8.15. The SMILES string of the molecule is CNC(CCOc1ccccc1)Cc1cc(F)ccc1Br. The molecule has 0 bridgehead atoms. The molecule has 0 saturated carbocycles. The van der Waals surface area contributed by atoms with Gasteiger partial charge in [0.25, 0.3) is 0 Å². The Bertz CT molecular complexity index is 562. The minimum Gasteiger partial charge on any atom is -0.494 e. The Morgan fingerprint density at radius 3 is 2.67 bits per heavy atom. The lowest BCUT2D eigenvalue weighted by molar-refractivity contribution is 0.288. The van der Waals surface area contributed by atoms with Gasteiger partial charge >= 0.3 is 0 Å². The Morgan fingerprint density at radius 2 is 1.95 bits per heavy atom. The van der Waals surface area contributed by atoms with Crippen molar-refractivity contribution in [2.75, 3.05) is 13.7 Å². The average molecular weight is 352 g/mol. The molecule has 0 heterocycles. The number of rotatable bonds is 7. The van der Waals surface area contributed by atoms with Crippen LogP contribution in [0.5, 0.6) is 5.75 Å². The first-order valence-electron chi connectivity index (χ1n) is 6.98. The minimum absolute atomic E-state index is 0.205. The maximum Gasteiger partial charge on any atom is 0.123 e. The van der Waals surface area contributed by atoms with Crippen molar-refractivity contribution in [3.8, 4) is 5.75 Å². The number of hydrogen-bond acceptors (Lipinski definition) is 2. The highest BCUT2D eigenvalue weighted by atomic mass is 79.9. The molecule has 0 aromatic heterocycles. The third-order valence-electron chi connectivity index (χ3n) is 3.36. The number of halogens is 2. The van der Waals surface area contributed by atoms with Crippen LogP contribution in [0.25, 0.3) is 0 Å². The molecule has 4 heteroatoms. The van der Waals surface area contributed by atoms with Gasteiger partial charge in [-0.3, -0.25) is 0 Å². The predicted molar refractivity (Wildman–Crippen MR) is 87.2 cm³/mol. The van der Waals surface area contributed by atoms with E-state index >= 15 is 0 Å². The molecule has 1 N–H and O–H groups in total. The summed E-state index contributed by atoms with van der Waals surface area (Å²) in [6, 6.07) is 14.8. The van der Waals surface area contributed by atoms with Gasteiger partial charge < -0.3 is 10.1 Å². The van der Waals surface area contributed by atoms with Crippen molar-refractivity contribution >= 4 is 15.9 Å². The molecule has 0 radical (unpaired) electrons. The first kappa shape index (κ1) is 16.0. The highest BCUT2D eigenvalue weighted by molar-refractivity contribution is 9.10. The van der Waals surface area contributed by atoms with E-state index in [1.807, 2.05) is 37.4 Å². The molecule has 2 aromatic rings. The Morgan fingerprint density at radius 1 is 1.19 bits per heavy atom. The van der Waals surface area contributed by atoms with Gasteiger partial charge in [-0.15, -0.1) is 0 Å². The van der Waals surface area contributed by atoms with Gasteiger partial charge in [-0.05, 0) is 55.8 Å². The van der Waals surface area contributed by atoms with Crippen molar-refractivity contribution in [2.24, 2.45) is 0 Å². The lowest BCUT2D eigenvalue weighted by Gasteiger charge is -2.17. The molecule has 0 fully saturated rings. The number of ether oxygens (including phenoxy) is 1. The predicted octanol–water partition coefficient (Wildman–Crippen LogP) is 4.19. The van der Waals surface area contributed by atoms with E-state index in [4.69, 9.17) is 4.74 Å². The second-order valence-corrected chi connectivity index (χ2v) is 5.73. The van der Waals surface area contributed by atoms with Crippen LogP contribution in [-0.2, 0) is 6.42 Å². The van der Waals surface area contributed by atoms with Gasteiger partial charge in [0, 0.05) is 10.5 Å². The maximum atomic E-state index is 13.3. The minimum atomic E-state index is -0.205. The lowest BCUT2D eigenvalue weighted by atomic mass is 10.0. The third kappa shape index (κ3) is 5.14. The zero-order valence-corrected chi connectivity index (χ0v) is 13.6. The summed E-state index contributed by atoms with van der Waals surface area (Å²) in [5.41, 5.74) is 0.967. The highest BCUT2D eigenvalue weighted by Gasteiger charge is 2.11. The number of nitrogens with one attached hydrogen (secondary N) is 1. The van der Waals surface area contributed by atoms with Crippen LogP contribution in [0.4, 0.5) is 4.39 Å². The zero-order chi connectivity index (χ0) is 15.1. The normalized spacial score (nSPS) is 12.1. The second-order valence-electron chi connectivity index (χ2n) is 4.88. The molecule has 0 aliphatic rings. The van der Waals surface area contributed by atoms with Gasteiger partial charge in [0.1, 0.15) is 11.6 Å². The molecular weight excluding hydrogens is 333 g/mol. The van der Waals surface area contributed by atoms with E-state index < -0.39 is 0 Å². The molecule has 2 aromatic carbocycles. The summed E-state index contributed by atoms with van der Waals surface area (Å²) in [4.78, 5) is 0. The summed E-state index contributed by atoms with van der Waals surface area (Å²) >= 11 is 3.47. The number of hydrogen-bond donors (Lipinski definition) is 1. The van der Waals surface area contributed by atoms with Gasteiger partial charge in [-0.2, -0.15) is 0 Å². The molecule has 0 amide bonds. The molecule has 0 saturated heterocycles. The zero-order valence-electron chi connectivity index (χ0n) is 12.0. The molecule has 21 heavy (non-hydrogen) atoms. The molecular formula is C17H19BrFNO. The monoisotopic (exact) mass is 351 g/mol. The van der Waals surface area contributed by atoms with Crippen LogP contribution in [0, 0.1) is 5.82 Å². The molecule has 2 nitrogen and oxygen atoms in total. The molecule has 0 aliphatic carbocycles. The van der Waals surface area contributed by atoms with Crippen LogP contribution < -0.4 is 10.1 Å². The van der Waals surface area contributed by atoms with E-state index in [9.17, 15) is 4.39 Å². The van der Waals surface area contributed by atoms with Crippen molar-refractivity contribution in [1.29, 1.82) is 0 Å². The fraction of sp³-hybridized carbons (Fsp3) is 0.294. The van der Waals surface area contributed by atoms with E-state index in [1.54, 1.807) is 12.1 Å². The first-order chi connectivity index (χ1) is 10.2. The van der Waals surface area contributed by atoms with Crippen LogP contribution in [0.1, 0.15) is 12.0 Å². The van der Waals surface area contributed by atoms with Crippen molar-refractivity contribution in [2.45, 2.75) is 18.9 Å². The van der Waals surface area contributed by atoms with Gasteiger partial charge in [-0.1, -0.05) is 34.1 Å². The molecule has 112 valence electrons. The molecule has 1 atom stereocenters. The molecule has 0 aliphatic heterocycles. The number of para-hydroxylation sites is 1. The van der Waals surface area contributed by atoms with E-state index in [0.29, 0.717) is 6.61 Å². The van der Waals surface area contributed by atoms with Gasteiger partial charge in [0.05, 0.1) is 6.61 Å². The Kier molecular flexibility index (Phi) is 6.21. The van der Waals surface area contributed by atoms with E-state index in [-0.39, 0.29) is 11.9 Å². The van der Waals surface area contributed by atoms with Gasteiger partial charge in [0.15, 0.2) is 0 Å². The Labute approximate surface area is 133 Å². The van der Waals surface area contributed by atoms with Crippen LogP contribution in [0.3, 0.4) is 0 Å².